The van der Waals surface area contributed by atoms with E-state index in [1.807, 2.05) is 0 Å². The van der Waals surface area contributed by atoms with Crippen LogP contribution in [0.2, 0.25) is 0 Å². The third-order valence-electron chi connectivity index (χ3n) is 4.68. The Morgan fingerprint density at radius 1 is 0.650 bits per heavy atom. The molecule has 2 heteroatoms. The van der Waals surface area contributed by atoms with Crippen LogP contribution < -0.4 is 0 Å². The summed E-state index contributed by atoms with van der Waals surface area (Å²) in [6.07, 6.45) is 9.93. The van der Waals surface area contributed by atoms with Gasteiger partial charge in [-0.3, -0.25) is 0 Å². The molecule has 0 aliphatic heterocycles. The standard InChI is InChI=1S/C18H38O2/c1-5-9-11-15(7-3)13-17(19)18(20)14-16(8-4)12-10-6-2/h15-20H,5-14H2,1-4H3. The van der Waals surface area contributed by atoms with E-state index in [0.29, 0.717) is 11.8 Å². The fourth-order valence-corrected chi connectivity index (χ4v) is 2.96. The van der Waals surface area contributed by atoms with Crippen molar-refractivity contribution in [2.75, 3.05) is 0 Å². The molecule has 0 aromatic carbocycles. The van der Waals surface area contributed by atoms with Crippen molar-refractivity contribution in [2.24, 2.45) is 11.8 Å². The van der Waals surface area contributed by atoms with Gasteiger partial charge < -0.3 is 10.2 Å². The average Bonchev–Trinajstić information content (AvgIpc) is 2.47. The first-order chi connectivity index (χ1) is 9.58. The summed E-state index contributed by atoms with van der Waals surface area (Å²) < 4.78 is 0. The highest BCUT2D eigenvalue weighted by atomic mass is 16.3. The summed E-state index contributed by atoms with van der Waals surface area (Å²) >= 11 is 0. The van der Waals surface area contributed by atoms with Crippen molar-refractivity contribution >= 4 is 0 Å². The third-order valence-corrected chi connectivity index (χ3v) is 4.68. The molecule has 2 nitrogen and oxygen atoms in total. The highest BCUT2D eigenvalue weighted by molar-refractivity contribution is 4.74. The molecule has 0 saturated carbocycles. The molecule has 0 spiro atoms. The largest absolute Gasteiger partial charge is 0.390 e. The van der Waals surface area contributed by atoms with Crippen LogP contribution >= 0.6 is 0 Å². The predicted octanol–water partition coefficient (Wildman–Crippen LogP) is 4.92. The molecule has 2 N–H and O–H groups in total. The van der Waals surface area contributed by atoms with Gasteiger partial charge in [0.15, 0.2) is 0 Å². The Hall–Kier alpha value is -0.0800. The maximum absolute atomic E-state index is 10.2. The molecule has 20 heavy (non-hydrogen) atoms. The van der Waals surface area contributed by atoms with Gasteiger partial charge in [-0.15, -0.1) is 0 Å². The van der Waals surface area contributed by atoms with E-state index in [4.69, 9.17) is 0 Å². The lowest BCUT2D eigenvalue weighted by Crippen LogP contribution is -2.30. The van der Waals surface area contributed by atoms with Crippen LogP contribution in [0.1, 0.15) is 91.9 Å². The van der Waals surface area contributed by atoms with Gasteiger partial charge in [0.1, 0.15) is 0 Å². The Balaban J connectivity index is 4.12. The van der Waals surface area contributed by atoms with Gasteiger partial charge in [-0.1, -0.05) is 79.1 Å². The zero-order valence-electron chi connectivity index (χ0n) is 14.3. The zero-order valence-corrected chi connectivity index (χ0v) is 14.3. The normalized spacial score (nSPS) is 17.7. The molecular weight excluding hydrogens is 248 g/mol. The van der Waals surface area contributed by atoms with E-state index >= 15 is 0 Å². The number of hydrogen-bond donors (Lipinski definition) is 2. The summed E-state index contributed by atoms with van der Waals surface area (Å²) in [5.41, 5.74) is 0. The van der Waals surface area contributed by atoms with Crippen LogP contribution in [-0.2, 0) is 0 Å². The first kappa shape index (κ1) is 19.9. The second-order valence-electron chi connectivity index (χ2n) is 6.44. The molecule has 122 valence electrons. The topological polar surface area (TPSA) is 40.5 Å². The van der Waals surface area contributed by atoms with Crippen LogP contribution in [0.5, 0.6) is 0 Å². The summed E-state index contributed by atoms with van der Waals surface area (Å²) in [6, 6.07) is 0. The fourth-order valence-electron chi connectivity index (χ4n) is 2.96. The van der Waals surface area contributed by atoms with Crippen molar-refractivity contribution in [3.63, 3.8) is 0 Å². The summed E-state index contributed by atoms with van der Waals surface area (Å²) in [6.45, 7) is 8.79. The monoisotopic (exact) mass is 286 g/mol. The summed E-state index contributed by atoms with van der Waals surface area (Å²) in [5, 5.41) is 20.5. The fraction of sp³-hybridized carbons (Fsp3) is 1.00. The van der Waals surface area contributed by atoms with Crippen molar-refractivity contribution in [1.29, 1.82) is 0 Å². The number of rotatable bonds is 13. The lowest BCUT2D eigenvalue weighted by Gasteiger charge is -2.25. The van der Waals surface area contributed by atoms with Gasteiger partial charge in [0, 0.05) is 0 Å². The molecule has 0 bridgehead atoms. The lowest BCUT2D eigenvalue weighted by molar-refractivity contribution is -0.0103. The molecule has 0 aliphatic carbocycles. The van der Waals surface area contributed by atoms with Crippen molar-refractivity contribution < 1.29 is 10.2 Å². The molecule has 4 atom stereocenters. The van der Waals surface area contributed by atoms with E-state index in [1.165, 1.54) is 38.5 Å². The van der Waals surface area contributed by atoms with Crippen LogP contribution in [0.4, 0.5) is 0 Å². The van der Waals surface area contributed by atoms with Gasteiger partial charge in [0.2, 0.25) is 0 Å². The second kappa shape index (κ2) is 12.6. The minimum atomic E-state index is -0.535. The second-order valence-corrected chi connectivity index (χ2v) is 6.44. The van der Waals surface area contributed by atoms with Crippen molar-refractivity contribution in [1.82, 2.24) is 0 Å². The highest BCUT2D eigenvalue weighted by Gasteiger charge is 2.22. The Morgan fingerprint density at radius 3 is 1.25 bits per heavy atom. The third kappa shape index (κ3) is 8.97. The van der Waals surface area contributed by atoms with Gasteiger partial charge in [0.25, 0.3) is 0 Å². The summed E-state index contributed by atoms with van der Waals surface area (Å²) in [5.74, 6) is 1.13. The van der Waals surface area contributed by atoms with Gasteiger partial charge in [-0.25, -0.2) is 0 Å². The van der Waals surface area contributed by atoms with Crippen molar-refractivity contribution in [3.05, 3.63) is 0 Å². The van der Waals surface area contributed by atoms with E-state index in [2.05, 4.69) is 27.7 Å². The van der Waals surface area contributed by atoms with Crippen LogP contribution in [0, 0.1) is 11.8 Å². The lowest BCUT2D eigenvalue weighted by atomic mass is 9.87. The molecule has 4 unspecified atom stereocenters. The molecule has 0 rings (SSSR count). The Bertz CT molecular complexity index is 184. The minimum Gasteiger partial charge on any atom is -0.390 e. The Morgan fingerprint density at radius 2 is 1.00 bits per heavy atom. The van der Waals surface area contributed by atoms with E-state index in [9.17, 15) is 10.2 Å². The van der Waals surface area contributed by atoms with Crippen LogP contribution in [0.15, 0.2) is 0 Å². The number of aliphatic hydroxyl groups excluding tert-OH is 2. The van der Waals surface area contributed by atoms with E-state index in [-0.39, 0.29) is 0 Å². The van der Waals surface area contributed by atoms with E-state index in [1.54, 1.807) is 0 Å². The molecule has 0 aromatic rings. The molecule has 0 aliphatic rings. The number of hydrogen-bond acceptors (Lipinski definition) is 2. The predicted molar refractivity (Wildman–Crippen MR) is 87.9 cm³/mol. The summed E-state index contributed by atoms with van der Waals surface area (Å²) in [7, 11) is 0. The first-order valence-corrected chi connectivity index (χ1v) is 8.94. The van der Waals surface area contributed by atoms with E-state index < -0.39 is 12.2 Å². The van der Waals surface area contributed by atoms with Crippen LogP contribution in [-0.4, -0.2) is 22.4 Å². The number of aliphatic hydroxyl groups is 2. The Labute approximate surface area is 127 Å². The van der Waals surface area contributed by atoms with Gasteiger partial charge >= 0.3 is 0 Å². The molecule has 0 aromatic heterocycles. The summed E-state index contributed by atoms with van der Waals surface area (Å²) in [4.78, 5) is 0. The highest BCUT2D eigenvalue weighted by Crippen LogP contribution is 2.24. The number of unbranched alkanes of at least 4 members (excludes halogenated alkanes) is 2. The van der Waals surface area contributed by atoms with Crippen LogP contribution in [0.25, 0.3) is 0 Å². The molecule has 0 fully saturated rings. The van der Waals surface area contributed by atoms with Gasteiger partial charge in [0.05, 0.1) is 12.2 Å². The Kier molecular flexibility index (Phi) is 12.6. The molecular formula is C18H38O2. The smallest absolute Gasteiger partial charge is 0.0801 e. The van der Waals surface area contributed by atoms with E-state index in [0.717, 1.165) is 25.7 Å². The molecule has 0 heterocycles. The van der Waals surface area contributed by atoms with Gasteiger partial charge in [-0.05, 0) is 24.7 Å². The zero-order chi connectivity index (χ0) is 15.4. The first-order valence-electron chi connectivity index (χ1n) is 8.94. The van der Waals surface area contributed by atoms with Gasteiger partial charge in [-0.2, -0.15) is 0 Å². The van der Waals surface area contributed by atoms with Crippen molar-refractivity contribution in [3.8, 4) is 0 Å². The molecule has 0 amide bonds. The minimum absolute atomic E-state index is 0.535. The van der Waals surface area contributed by atoms with Crippen LogP contribution in [0.3, 0.4) is 0 Å². The maximum Gasteiger partial charge on any atom is 0.0801 e. The average molecular weight is 287 g/mol. The quantitative estimate of drug-likeness (QED) is 0.504. The molecule has 0 saturated heterocycles. The van der Waals surface area contributed by atoms with Crippen molar-refractivity contribution in [2.45, 2.75) is 104 Å². The maximum atomic E-state index is 10.2. The SMILES string of the molecule is CCCCC(CC)CC(O)C(O)CC(CC)CCCC. The molecule has 0 radical (unpaired) electrons.